The standard InChI is InChI=1S/C14H18O3/c1-9-11-6-4-3-5-10(11)7-13(17-2)12(9)8-14(15)16/h7H,3-6,8H2,1-2H3,(H,15,16). The molecule has 1 aromatic carbocycles. The number of methoxy groups -OCH3 is 1. The minimum absolute atomic E-state index is 0.0439. The van der Waals surface area contributed by atoms with Crippen LogP contribution < -0.4 is 4.74 Å². The fourth-order valence-electron chi connectivity index (χ4n) is 2.68. The second-order valence-corrected chi connectivity index (χ2v) is 4.60. The largest absolute Gasteiger partial charge is 0.496 e. The van der Waals surface area contributed by atoms with E-state index in [-0.39, 0.29) is 6.42 Å². The normalized spacial score (nSPS) is 14.2. The molecular formula is C14H18O3. The number of benzene rings is 1. The number of hydrogen-bond donors (Lipinski definition) is 1. The molecule has 0 spiro atoms. The maximum atomic E-state index is 10.9. The van der Waals surface area contributed by atoms with Crippen molar-refractivity contribution in [1.82, 2.24) is 0 Å². The molecule has 0 fully saturated rings. The number of ether oxygens (including phenoxy) is 1. The van der Waals surface area contributed by atoms with E-state index < -0.39 is 5.97 Å². The molecule has 0 saturated heterocycles. The summed E-state index contributed by atoms with van der Waals surface area (Å²) in [5, 5.41) is 8.96. The lowest BCUT2D eigenvalue weighted by atomic mass is 9.85. The van der Waals surface area contributed by atoms with E-state index in [0.29, 0.717) is 0 Å². The average molecular weight is 234 g/mol. The van der Waals surface area contributed by atoms with Crippen molar-refractivity contribution in [2.45, 2.75) is 39.0 Å². The molecule has 0 unspecified atom stereocenters. The number of carbonyl (C=O) groups is 1. The van der Waals surface area contributed by atoms with Crippen molar-refractivity contribution in [3.05, 3.63) is 28.3 Å². The third-order valence-corrected chi connectivity index (χ3v) is 3.57. The van der Waals surface area contributed by atoms with E-state index in [1.54, 1.807) is 7.11 Å². The third-order valence-electron chi connectivity index (χ3n) is 3.57. The summed E-state index contributed by atoms with van der Waals surface area (Å²) in [4.78, 5) is 10.9. The minimum atomic E-state index is -0.804. The molecule has 1 aliphatic carbocycles. The van der Waals surface area contributed by atoms with Crippen molar-refractivity contribution in [3.8, 4) is 5.75 Å². The smallest absolute Gasteiger partial charge is 0.307 e. The Labute approximate surface area is 101 Å². The van der Waals surface area contributed by atoms with Crippen molar-refractivity contribution >= 4 is 5.97 Å². The summed E-state index contributed by atoms with van der Waals surface area (Å²) in [5.74, 6) is -0.0762. The van der Waals surface area contributed by atoms with Gasteiger partial charge in [0.2, 0.25) is 0 Å². The maximum Gasteiger partial charge on any atom is 0.307 e. The lowest BCUT2D eigenvalue weighted by Crippen LogP contribution is -2.11. The zero-order valence-corrected chi connectivity index (χ0v) is 10.4. The number of hydrogen-bond acceptors (Lipinski definition) is 2. The monoisotopic (exact) mass is 234 g/mol. The van der Waals surface area contributed by atoms with Crippen LogP contribution in [-0.2, 0) is 24.1 Å². The Balaban J connectivity index is 2.52. The molecule has 3 nitrogen and oxygen atoms in total. The van der Waals surface area contributed by atoms with Crippen LogP contribution in [0.25, 0.3) is 0 Å². The molecule has 0 atom stereocenters. The number of aryl methyl sites for hydroxylation is 1. The van der Waals surface area contributed by atoms with E-state index >= 15 is 0 Å². The van der Waals surface area contributed by atoms with E-state index in [1.165, 1.54) is 24.0 Å². The van der Waals surface area contributed by atoms with Crippen molar-refractivity contribution in [1.29, 1.82) is 0 Å². The summed E-state index contributed by atoms with van der Waals surface area (Å²) in [5.41, 5.74) is 4.62. The lowest BCUT2D eigenvalue weighted by molar-refractivity contribution is -0.136. The van der Waals surface area contributed by atoms with Crippen LogP contribution in [0.4, 0.5) is 0 Å². The molecule has 2 rings (SSSR count). The molecule has 1 N–H and O–H groups in total. The van der Waals surface area contributed by atoms with Crippen molar-refractivity contribution in [3.63, 3.8) is 0 Å². The van der Waals surface area contributed by atoms with Gasteiger partial charge in [-0.3, -0.25) is 4.79 Å². The van der Waals surface area contributed by atoms with Gasteiger partial charge in [-0.05, 0) is 55.4 Å². The molecule has 3 heteroatoms. The van der Waals surface area contributed by atoms with Crippen LogP contribution in [-0.4, -0.2) is 18.2 Å². The van der Waals surface area contributed by atoms with Crippen molar-refractivity contribution in [2.24, 2.45) is 0 Å². The molecule has 1 aromatic rings. The van der Waals surface area contributed by atoms with Crippen molar-refractivity contribution < 1.29 is 14.6 Å². The van der Waals surface area contributed by atoms with Gasteiger partial charge in [-0.15, -0.1) is 0 Å². The Morgan fingerprint density at radius 1 is 1.41 bits per heavy atom. The zero-order valence-electron chi connectivity index (χ0n) is 10.4. The Morgan fingerprint density at radius 3 is 2.76 bits per heavy atom. The first-order valence-corrected chi connectivity index (χ1v) is 6.03. The Hall–Kier alpha value is -1.51. The number of carboxylic acids is 1. The summed E-state index contributed by atoms with van der Waals surface area (Å²) < 4.78 is 5.33. The molecule has 0 bridgehead atoms. The number of carboxylic acid groups (broad SMARTS) is 1. The van der Waals surface area contributed by atoms with Crippen molar-refractivity contribution in [2.75, 3.05) is 7.11 Å². The molecule has 92 valence electrons. The molecule has 0 heterocycles. The highest BCUT2D eigenvalue weighted by atomic mass is 16.5. The van der Waals surface area contributed by atoms with E-state index in [2.05, 4.69) is 0 Å². The van der Waals surface area contributed by atoms with Gasteiger partial charge in [0.15, 0.2) is 0 Å². The number of fused-ring (bicyclic) bond motifs is 1. The fraction of sp³-hybridized carbons (Fsp3) is 0.500. The van der Waals surface area contributed by atoms with E-state index in [9.17, 15) is 4.79 Å². The molecule has 0 aromatic heterocycles. The van der Waals surface area contributed by atoms with Crippen LogP contribution in [0.3, 0.4) is 0 Å². The van der Waals surface area contributed by atoms with Gasteiger partial charge >= 0.3 is 5.97 Å². The van der Waals surface area contributed by atoms with E-state index in [0.717, 1.165) is 29.7 Å². The fourth-order valence-corrected chi connectivity index (χ4v) is 2.68. The Kier molecular flexibility index (Phi) is 3.36. The van der Waals surface area contributed by atoms with Crippen LogP contribution in [0.2, 0.25) is 0 Å². The quantitative estimate of drug-likeness (QED) is 0.874. The summed E-state index contributed by atoms with van der Waals surface area (Å²) in [7, 11) is 1.61. The first kappa shape index (κ1) is 12.0. The van der Waals surface area contributed by atoms with Gasteiger partial charge in [0.1, 0.15) is 5.75 Å². The second kappa shape index (κ2) is 4.78. The number of aliphatic carboxylic acids is 1. The van der Waals surface area contributed by atoms with Gasteiger partial charge in [0.05, 0.1) is 13.5 Å². The lowest BCUT2D eigenvalue weighted by Gasteiger charge is -2.22. The number of rotatable bonds is 3. The predicted molar refractivity (Wildman–Crippen MR) is 65.7 cm³/mol. The summed E-state index contributed by atoms with van der Waals surface area (Å²) in [6.07, 6.45) is 4.61. The van der Waals surface area contributed by atoms with E-state index in [4.69, 9.17) is 9.84 Å². The zero-order chi connectivity index (χ0) is 12.4. The third kappa shape index (κ3) is 2.28. The highest BCUT2D eigenvalue weighted by molar-refractivity contribution is 5.72. The molecule has 0 aliphatic heterocycles. The minimum Gasteiger partial charge on any atom is -0.496 e. The topological polar surface area (TPSA) is 46.5 Å². The average Bonchev–Trinajstić information content (AvgIpc) is 2.32. The van der Waals surface area contributed by atoms with Crippen LogP contribution in [0, 0.1) is 6.92 Å². The highest BCUT2D eigenvalue weighted by Crippen LogP contribution is 2.33. The highest BCUT2D eigenvalue weighted by Gasteiger charge is 2.19. The van der Waals surface area contributed by atoms with Gasteiger partial charge in [-0.2, -0.15) is 0 Å². The first-order chi connectivity index (χ1) is 8.13. The van der Waals surface area contributed by atoms with Crippen LogP contribution in [0.5, 0.6) is 5.75 Å². The molecule has 0 saturated carbocycles. The maximum absolute atomic E-state index is 10.9. The molecule has 17 heavy (non-hydrogen) atoms. The van der Waals surface area contributed by atoms with Crippen LogP contribution in [0.1, 0.15) is 35.1 Å². The molecule has 0 amide bonds. The van der Waals surface area contributed by atoms with Gasteiger partial charge in [-0.25, -0.2) is 0 Å². The molecule has 1 aliphatic rings. The first-order valence-electron chi connectivity index (χ1n) is 6.03. The predicted octanol–water partition coefficient (Wildman–Crippen LogP) is 2.51. The van der Waals surface area contributed by atoms with Gasteiger partial charge in [0, 0.05) is 5.56 Å². The summed E-state index contributed by atoms with van der Waals surface area (Å²) >= 11 is 0. The Morgan fingerprint density at radius 2 is 2.12 bits per heavy atom. The van der Waals surface area contributed by atoms with E-state index in [1.807, 2.05) is 13.0 Å². The van der Waals surface area contributed by atoms with Gasteiger partial charge in [0.25, 0.3) is 0 Å². The van der Waals surface area contributed by atoms with Crippen LogP contribution in [0.15, 0.2) is 6.07 Å². The SMILES string of the molecule is COc1cc2c(c(C)c1CC(=O)O)CCCC2. The van der Waals surface area contributed by atoms with Gasteiger partial charge < -0.3 is 9.84 Å². The molecular weight excluding hydrogens is 216 g/mol. The molecule has 0 radical (unpaired) electrons. The Bertz CT molecular complexity index is 449. The summed E-state index contributed by atoms with van der Waals surface area (Å²) in [6, 6.07) is 2.03. The van der Waals surface area contributed by atoms with Crippen LogP contribution >= 0.6 is 0 Å². The summed E-state index contributed by atoms with van der Waals surface area (Å²) in [6.45, 7) is 2.02. The second-order valence-electron chi connectivity index (χ2n) is 4.60. The van der Waals surface area contributed by atoms with Gasteiger partial charge in [-0.1, -0.05) is 0 Å².